The van der Waals surface area contributed by atoms with E-state index in [0.717, 1.165) is 42.2 Å². The molecule has 4 rings (SSSR count). The molecule has 1 saturated heterocycles. The molecule has 30 heavy (non-hydrogen) atoms. The number of halogens is 1. The molecule has 5 nitrogen and oxygen atoms in total. The van der Waals surface area contributed by atoms with Crippen molar-refractivity contribution in [2.45, 2.75) is 33.1 Å². The van der Waals surface area contributed by atoms with Gasteiger partial charge in [0.05, 0.1) is 0 Å². The number of amides is 2. The molecular formula is C24H28ClN3O2. The van der Waals surface area contributed by atoms with Crippen LogP contribution in [0.25, 0.3) is 0 Å². The summed E-state index contributed by atoms with van der Waals surface area (Å²) in [6.07, 6.45) is 2.35. The van der Waals surface area contributed by atoms with Gasteiger partial charge in [-0.1, -0.05) is 24.6 Å². The number of carbonyl (C=O) groups excluding carboxylic acids is 2. The second kappa shape index (κ2) is 8.68. The molecule has 6 heteroatoms. The average molecular weight is 426 g/mol. The van der Waals surface area contributed by atoms with Crippen molar-refractivity contribution in [2.75, 3.05) is 36.0 Å². The Kier molecular flexibility index (Phi) is 6.00. The maximum Gasteiger partial charge on any atom is 0.251 e. The lowest BCUT2D eigenvalue weighted by Gasteiger charge is -2.21. The Bertz CT molecular complexity index is 975. The van der Waals surface area contributed by atoms with Crippen molar-refractivity contribution in [1.82, 2.24) is 5.32 Å². The summed E-state index contributed by atoms with van der Waals surface area (Å²) in [5, 5.41) is 3.86. The van der Waals surface area contributed by atoms with Crippen LogP contribution < -0.4 is 15.1 Å². The number of carbonyl (C=O) groups is 2. The molecule has 1 unspecified atom stereocenters. The van der Waals surface area contributed by atoms with Gasteiger partial charge in [0, 0.05) is 54.6 Å². The topological polar surface area (TPSA) is 52.7 Å². The van der Waals surface area contributed by atoms with Gasteiger partial charge in [0.25, 0.3) is 5.91 Å². The summed E-state index contributed by atoms with van der Waals surface area (Å²) in [5.41, 5.74) is 5.09. The Morgan fingerprint density at radius 2 is 1.97 bits per heavy atom. The minimum absolute atomic E-state index is 0.0459. The van der Waals surface area contributed by atoms with Crippen molar-refractivity contribution in [3.63, 3.8) is 0 Å². The molecule has 2 aromatic rings. The van der Waals surface area contributed by atoms with E-state index in [1.807, 2.05) is 42.2 Å². The number of nitrogens with one attached hydrogen (secondary N) is 1. The van der Waals surface area contributed by atoms with E-state index >= 15 is 0 Å². The van der Waals surface area contributed by atoms with E-state index in [0.29, 0.717) is 31.0 Å². The van der Waals surface area contributed by atoms with Gasteiger partial charge in [-0.15, -0.1) is 0 Å². The maximum atomic E-state index is 12.7. The van der Waals surface area contributed by atoms with Gasteiger partial charge in [-0.25, -0.2) is 0 Å². The molecule has 2 amide bonds. The Morgan fingerprint density at radius 1 is 1.13 bits per heavy atom. The predicted molar refractivity (Wildman–Crippen MR) is 122 cm³/mol. The number of anilines is 2. The predicted octanol–water partition coefficient (Wildman–Crippen LogP) is 4.20. The smallest absolute Gasteiger partial charge is 0.251 e. The SMILES string of the molecule is CCC(=O)N1CCc2cc(C(=O)NCC3CCN(c4cc(Cl)ccc4C)C3)ccc21. The van der Waals surface area contributed by atoms with E-state index in [2.05, 4.69) is 23.2 Å². The highest BCUT2D eigenvalue weighted by molar-refractivity contribution is 6.30. The molecular weight excluding hydrogens is 398 g/mol. The molecule has 0 saturated carbocycles. The second-order valence-corrected chi connectivity index (χ2v) is 8.67. The van der Waals surface area contributed by atoms with Crippen LogP contribution in [0.3, 0.4) is 0 Å². The lowest BCUT2D eigenvalue weighted by atomic mass is 10.1. The highest BCUT2D eigenvalue weighted by Gasteiger charge is 2.26. The van der Waals surface area contributed by atoms with Crippen LogP contribution in [0, 0.1) is 12.8 Å². The van der Waals surface area contributed by atoms with Crippen LogP contribution >= 0.6 is 11.6 Å². The van der Waals surface area contributed by atoms with Crippen LogP contribution in [0.15, 0.2) is 36.4 Å². The molecule has 1 fully saturated rings. The van der Waals surface area contributed by atoms with Crippen LogP contribution in [0.2, 0.25) is 5.02 Å². The van der Waals surface area contributed by atoms with E-state index < -0.39 is 0 Å². The summed E-state index contributed by atoms with van der Waals surface area (Å²) in [4.78, 5) is 28.9. The van der Waals surface area contributed by atoms with Gasteiger partial charge in [0.15, 0.2) is 0 Å². The first kappa shape index (κ1) is 20.7. The van der Waals surface area contributed by atoms with Crippen molar-refractivity contribution in [3.05, 3.63) is 58.1 Å². The van der Waals surface area contributed by atoms with Crippen LogP contribution in [-0.4, -0.2) is 38.0 Å². The van der Waals surface area contributed by atoms with E-state index in [1.54, 1.807) is 0 Å². The first-order chi connectivity index (χ1) is 14.5. The Labute approximate surface area is 183 Å². The number of rotatable bonds is 5. The number of nitrogens with zero attached hydrogens (tertiary/aromatic N) is 2. The molecule has 0 aromatic heterocycles. The summed E-state index contributed by atoms with van der Waals surface area (Å²) < 4.78 is 0. The van der Waals surface area contributed by atoms with Crippen LogP contribution in [0.1, 0.15) is 41.3 Å². The molecule has 158 valence electrons. The molecule has 0 spiro atoms. The first-order valence-corrected chi connectivity index (χ1v) is 11.1. The Hall–Kier alpha value is -2.53. The second-order valence-electron chi connectivity index (χ2n) is 8.23. The Morgan fingerprint density at radius 3 is 2.77 bits per heavy atom. The summed E-state index contributed by atoms with van der Waals surface area (Å²) in [5.74, 6) is 0.501. The van der Waals surface area contributed by atoms with Crippen molar-refractivity contribution < 1.29 is 9.59 Å². The largest absolute Gasteiger partial charge is 0.371 e. The number of aryl methyl sites for hydroxylation is 1. The fourth-order valence-electron chi connectivity index (χ4n) is 4.47. The molecule has 1 atom stereocenters. The van der Waals surface area contributed by atoms with Crippen molar-refractivity contribution in [3.8, 4) is 0 Å². The fourth-order valence-corrected chi connectivity index (χ4v) is 4.64. The van der Waals surface area contributed by atoms with Gasteiger partial charge in [-0.05, 0) is 67.1 Å². The van der Waals surface area contributed by atoms with Crippen molar-refractivity contribution in [1.29, 1.82) is 0 Å². The zero-order valence-corrected chi connectivity index (χ0v) is 18.3. The van der Waals surface area contributed by atoms with Gasteiger partial charge < -0.3 is 15.1 Å². The molecule has 0 bridgehead atoms. The number of fused-ring (bicyclic) bond motifs is 1. The van der Waals surface area contributed by atoms with E-state index in [9.17, 15) is 9.59 Å². The van der Waals surface area contributed by atoms with Crippen LogP contribution in [0.4, 0.5) is 11.4 Å². The third-order valence-corrected chi connectivity index (χ3v) is 6.42. The van der Waals surface area contributed by atoms with E-state index in [4.69, 9.17) is 11.6 Å². The van der Waals surface area contributed by atoms with Crippen LogP contribution in [-0.2, 0) is 11.2 Å². The molecule has 2 aliphatic rings. The zero-order chi connectivity index (χ0) is 21.3. The Balaban J connectivity index is 1.35. The third-order valence-electron chi connectivity index (χ3n) is 6.19. The number of hydrogen-bond donors (Lipinski definition) is 1. The quantitative estimate of drug-likeness (QED) is 0.780. The molecule has 1 N–H and O–H groups in total. The third kappa shape index (κ3) is 4.17. The minimum Gasteiger partial charge on any atom is -0.371 e. The summed E-state index contributed by atoms with van der Waals surface area (Å²) in [6.45, 7) is 7.23. The maximum absolute atomic E-state index is 12.7. The van der Waals surface area contributed by atoms with Gasteiger partial charge in [-0.2, -0.15) is 0 Å². The fraction of sp³-hybridized carbons (Fsp3) is 0.417. The summed E-state index contributed by atoms with van der Waals surface area (Å²) in [7, 11) is 0. The van der Waals surface area contributed by atoms with Gasteiger partial charge in [-0.3, -0.25) is 9.59 Å². The normalized spacial score (nSPS) is 17.9. The van der Waals surface area contributed by atoms with Gasteiger partial charge >= 0.3 is 0 Å². The molecule has 2 heterocycles. The van der Waals surface area contributed by atoms with Crippen LogP contribution in [0.5, 0.6) is 0 Å². The van der Waals surface area contributed by atoms with Gasteiger partial charge in [0.1, 0.15) is 0 Å². The van der Waals surface area contributed by atoms with Gasteiger partial charge in [0.2, 0.25) is 5.91 Å². The lowest BCUT2D eigenvalue weighted by molar-refractivity contribution is -0.118. The lowest BCUT2D eigenvalue weighted by Crippen LogP contribution is -2.31. The minimum atomic E-state index is -0.0459. The molecule has 0 radical (unpaired) electrons. The average Bonchev–Trinajstić information content (AvgIpc) is 3.39. The number of hydrogen-bond acceptors (Lipinski definition) is 3. The molecule has 0 aliphatic carbocycles. The molecule has 2 aromatic carbocycles. The zero-order valence-electron chi connectivity index (χ0n) is 17.6. The standard InChI is InChI=1S/C24H28ClN3O2/c1-3-23(29)28-11-9-18-12-19(5-7-21(18)28)24(30)26-14-17-8-10-27(15-17)22-13-20(25)6-4-16(22)2/h4-7,12-13,17H,3,8-11,14-15H2,1-2H3,(H,26,30). The van der Waals surface area contributed by atoms with E-state index in [-0.39, 0.29) is 11.8 Å². The highest BCUT2D eigenvalue weighted by Crippen LogP contribution is 2.30. The highest BCUT2D eigenvalue weighted by atomic mass is 35.5. The molecule has 2 aliphatic heterocycles. The van der Waals surface area contributed by atoms with Crippen molar-refractivity contribution in [2.24, 2.45) is 5.92 Å². The number of benzene rings is 2. The summed E-state index contributed by atoms with van der Waals surface area (Å²) in [6, 6.07) is 11.7. The van der Waals surface area contributed by atoms with E-state index in [1.165, 1.54) is 11.3 Å². The summed E-state index contributed by atoms with van der Waals surface area (Å²) >= 11 is 6.17. The van der Waals surface area contributed by atoms with Crippen molar-refractivity contribution >= 4 is 34.8 Å². The first-order valence-electron chi connectivity index (χ1n) is 10.7. The monoisotopic (exact) mass is 425 g/mol.